The molecule has 14 aromatic carbocycles. The fraction of sp³-hybridized carbons (Fsp3) is 0. The zero-order valence-electron chi connectivity index (χ0n) is 39.8. The third kappa shape index (κ3) is 6.42. The predicted octanol–water partition coefficient (Wildman–Crippen LogP) is 20.5. The average Bonchev–Trinajstić information content (AvgIpc) is 3.86. The van der Waals surface area contributed by atoms with Crippen molar-refractivity contribution in [2.24, 2.45) is 0 Å². The molecule has 73 heavy (non-hydrogen) atoms. The molecule has 0 N–H and O–H groups in total. The lowest BCUT2D eigenvalue weighted by Gasteiger charge is -2.19. The fourth-order valence-electron chi connectivity index (χ4n) is 12.3. The van der Waals surface area contributed by atoms with Crippen molar-refractivity contribution in [3.05, 3.63) is 267 Å². The minimum absolute atomic E-state index is 0.873. The summed E-state index contributed by atoms with van der Waals surface area (Å²) in [7, 11) is 0. The summed E-state index contributed by atoms with van der Waals surface area (Å²) in [4.78, 5) is 0. The summed E-state index contributed by atoms with van der Waals surface area (Å²) in [5.74, 6) is 0. The van der Waals surface area contributed by atoms with Crippen molar-refractivity contribution in [1.29, 1.82) is 0 Å². The maximum Gasteiger partial charge on any atom is 0.143 e. The molecule has 0 aliphatic rings. The van der Waals surface area contributed by atoms with E-state index in [0.29, 0.717) is 0 Å². The second-order valence-corrected chi connectivity index (χ2v) is 19.4. The van der Waals surface area contributed by atoms with E-state index in [4.69, 9.17) is 4.42 Å². The first-order valence-corrected chi connectivity index (χ1v) is 25.2. The van der Waals surface area contributed by atoms with E-state index in [1.807, 2.05) is 0 Å². The van der Waals surface area contributed by atoms with Crippen LogP contribution in [0.5, 0.6) is 0 Å². The highest BCUT2D eigenvalue weighted by molar-refractivity contribution is 6.28. The molecule has 0 bridgehead atoms. The molecule has 1 aromatic heterocycles. The van der Waals surface area contributed by atoms with Gasteiger partial charge in [0.05, 0.1) is 0 Å². The molecule has 0 saturated carbocycles. The van der Waals surface area contributed by atoms with Crippen molar-refractivity contribution in [2.75, 3.05) is 0 Å². The molecule has 1 heteroatoms. The quantitative estimate of drug-likeness (QED) is 0.151. The van der Waals surface area contributed by atoms with Crippen molar-refractivity contribution in [1.82, 2.24) is 0 Å². The second-order valence-electron chi connectivity index (χ2n) is 19.4. The standard InChI is InChI=1S/C72H44O/c1-3-21-51-45(17-1)19-13-31-53(51)47-37-41-49(42-38-47)67-55-23-5-9-27-59(55)69(60-28-10-6-24-56(60)67)63-33-16-36-66-71(63)65-35-15-34-64(72(65)73-66)70-61-29-11-7-25-57(61)68(58-26-8-12-30-62(58)70)50-43-39-48(40-44-50)54-32-14-20-46-18-2-4-22-52(46)54/h1-44H. The van der Waals surface area contributed by atoms with Gasteiger partial charge in [0, 0.05) is 21.9 Å². The Bertz CT molecular complexity index is 4580. The van der Waals surface area contributed by atoms with E-state index in [1.165, 1.54) is 120 Å². The van der Waals surface area contributed by atoms with Gasteiger partial charge in [-0.2, -0.15) is 0 Å². The number of hydrogen-bond acceptors (Lipinski definition) is 1. The summed E-state index contributed by atoms with van der Waals surface area (Å²) in [6.07, 6.45) is 0. The summed E-state index contributed by atoms with van der Waals surface area (Å²) in [6.45, 7) is 0. The first-order valence-electron chi connectivity index (χ1n) is 25.2. The average molecular weight is 925 g/mol. The highest BCUT2D eigenvalue weighted by Gasteiger charge is 2.24. The minimum Gasteiger partial charge on any atom is -0.455 e. The van der Waals surface area contributed by atoms with Gasteiger partial charge in [0.15, 0.2) is 0 Å². The van der Waals surface area contributed by atoms with E-state index in [0.717, 1.165) is 33.1 Å². The molecule has 0 atom stereocenters. The molecule has 338 valence electrons. The van der Waals surface area contributed by atoms with Gasteiger partial charge in [0.25, 0.3) is 0 Å². The predicted molar refractivity (Wildman–Crippen MR) is 311 cm³/mol. The van der Waals surface area contributed by atoms with Crippen molar-refractivity contribution >= 4 is 86.6 Å². The van der Waals surface area contributed by atoms with E-state index >= 15 is 0 Å². The Morgan fingerprint density at radius 3 is 0.945 bits per heavy atom. The van der Waals surface area contributed by atoms with Crippen molar-refractivity contribution in [3.63, 3.8) is 0 Å². The van der Waals surface area contributed by atoms with Gasteiger partial charge in [-0.05, 0) is 126 Å². The first-order chi connectivity index (χ1) is 36.2. The summed E-state index contributed by atoms with van der Waals surface area (Å²) < 4.78 is 7.19. The molecule has 0 spiro atoms. The maximum atomic E-state index is 7.19. The first kappa shape index (κ1) is 41.2. The molecular formula is C72H44O. The van der Waals surface area contributed by atoms with Gasteiger partial charge in [0.1, 0.15) is 11.2 Å². The van der Waals surface area contributed by atoms with Gasteiger partial charge >= 0.3 is 0 Å². The molecule has 1 heterocycles. The molecule has 0 amide bonds. The zero-order chi connectivity index (χ0) is 48.0. The van der Waals surface area contributed by atoms with E-state index in [-0.39, 0.29) is 0 Å². The summed E-state index contributed by atoms with van der Waals surface area (Å²) >= 11 is 0. The molecular weight excluding hydrogens is 881 g/mol. The molecule has 0 fully saturated rings. The molecule has 0 saturated heterocycles. The molecule has 15 rings (SSSR count). The minimum atomic E-state index is 0.873. The third-order valence-electron chi connectivity index (χ3n) is 15.5. The van der Waals surface area contributed by atoms with Crippen LogP contribution in [0.15, 0.2) is 271 Å². The van der Waals surface area contributed by atoms with Crippen LogP contribution in [0.2, 0.25) is 0 Å². The zero-order valence-corrected chi connectivity index (χ0v) is 39.8. The molecule has 0 aliphatic carbocycles. The SMILES string of the molecule is c1ccc2c(-c3ccc(-c4c5ccccc5c(-c5cccc6c5oc5cccc(-c7c8ccccc8c(-c8ccc(-c9cccc%10ccccc9%10)cc8)c8ccccc78)c56)c5ccccc45)cc3)cccc2c1. The summed E-state index contributed by atoms with van der Waals surface area (Å²) in [5.41, 5.74) is 16.2. The Kier molecular flexibility index (Phi) is 9.33. The Hall–Kier alpha value is -9.56. The fourth-order valence-corrected chi connectivity index (χ4v) is 12.3. The van der Waals surface area contributed by atoms with Crippen LogP contribution in [0, 0.1) is 0 Å². The van der Waals surface area contributed by atoms with E-state index in [1.54, 1.807) is 0 Å². The number of benzene rings is 14. The van der Waals surface area contributed by atoms with Crippen LogP contribution in [0.3, 0.4) is 0 Å². The second kappa shape index (κ2) is 16.5. The van der Waals surface area contributed by atoms with Crippen LogP contribution in [-0.4, -0.2) is 0 Å². The maximum absolute atomic E-state index is 7.19. The largest absolute Gasteiger partial charge is 0.455 e. The Morgan fingerprint density at radius 1 is 0.192 bits per heavy atom. The van der Waals surface area contributed by atoms with Crippen LogP contribution < -0.4 is 0 Å². The van der Waals surface area contributed by atoms with Gasteiger partial charge in [-0.25, -0.2) is 0 Å². The number of rotatable bonds is 6. The highest BCUT2D eigenvalue weighted by Crippen LogP contribution is 2.50. The van der Waals surface area contributed by atoms with Gasteiger partial charge < -0.3 is 4.42 Å². The topological polar surface area (TPSA) is 13.1 Å². The van der Waals surface area contributed by atoms with Gasteiger partial charge in [0.2, 0.25) is 0 Å². The van der Waals surface area contributed by atoms with Crippen molar-refractivity contribution < 1.29 is 4.42 Å². The number of furan rings is 1. The summed E-state index contributed by atoms with van der Waals surface area (Å²) in [5, 5.41) is 16.9. The van der Waals surface area contributed by atoms with Gasteiger partial charge in [-0.3, -0.25) is 0 Å². The van der Waals surface area contributed by atoms with Crippen LogP contribution in [-0.2, 0) is 0 Å². The lowest BCUT2D eigenvalue weighted by molar-refractivity contribution is 0.670. The molecule has 0 aliphatic heterocycles. The Labute approximate surface area is 422 Å². The molecule has 1 nitrogen and oxygen atoms in total. The van der Waals surface area contributed by atoms with Crippen molar-refractivity contribution in [3.8, 4) is 66.8 Å². The van der Waals surface area contributed by atoms with Crippen LogP contribution in [0.25, 0.3) is 153 Å². The Balaban J connectivity index is 0.905. The van der Waals surface area contributed by atoms with Crippen molar-refractivity contribution in [2.45, 2.75) is 0 Å². The molecule has 0 radical (unpaired) electrons. The van der Waals surface area contributed by atoms with Crippen LogP contribution in [0.1, 0.15) is 0 Å². The normalized spacial score (nSPS) is 11.8. The number of fused-ring (bicyclic) bond motifs is 9. The lowest BCUT2D eigenvalue weighted by Crippen LogP contribution is -1.92. The van der Waals surface area contributed by atoms with E-state index < -0.39 is 0 Å². The van der Waals surface area contributed by atoms with Crippen LogP contribution >= 0.6 is 0 Å². The van der Waals surface area contributed by atoms with Gasteiger partial charge in [-0.1, -0.05) is 261 Å². The molecule has 0 unspecified atom stereocenters. The van der Waals surface area contributed by atoms with Crippen LogP contribution in [0.4, 0.5) is 0 Å². The summed E-state index contributed by atoms with van der Waals surface area (Å²) in [6, 6.07) is 97.8. The lowest BCUT2D eigenvalue weighted by atomic mass is 9.84. The van der Waals surface area contributed by atoms with E-state index in [9.17, 15) is 0 Å². The Morgan fingerprint density at radius 2 is 0.493 bits per heavy atom. The number of hydrogen-bond donors (Lipinski definition) is 0. The highest BCUT2D eigenvalue weighted by atomic mass is 16.3. The smallest absolute Gasteiger partial charge is 0.143 e. The third-order valence-corrected chi connectivity index (χ3v) is 15.5. The molecule has 15 aromatic rings. The monoisotopic (exact) mass is 924 g/mol. The van der Waals surface area contributed by atoms with Gasteiger partial charge in [-0.15, -0.1) is 0 Å². The number of para-hydroxylation sites is 1. The van der Waals surface area contributed by atoms with E-state index in [2.05, 4.69) is 267 Å².